The lowest BCUT2D eigenvalue weighted by molar-refractivity contribution is 0.480. The largest absolute Gasteiger partial charge is 0.506 e. The molecule has 66 valence electrons. The highest BCUT2D eigenvalue weighted by Gasteiger charge is 2.07. The van der Waals surface area contributed by atoms with Gasteiger partial charge in [-0.15, -0.1) is 0 Å². The lowest BCUT2D eigenvalue weighted by atomic mass is 10.2. The molecule has 13 heavy (non-hydrogen) atoms. The van der Waals surface area contributed by atoms with E-state index in [9.17, 15) is 5.11 Å². The van der Waals surface area contributed by atoms with Crippen molar-refractivity contribution in [1.29, 1.82) is 0 Å². The maximum Gasteiger partial charge on any atom is 0.142 e. The average molecular weight is 195 g/mol. The standard InChI is InChI=1S/C9H7ClN2O/c1-5-8-6(10)2-3-7(13)9(8)12-4-11-5/h2-4,13H,1H3. The number of hydrogen-bond acceptors (Lipinski definition) is 3. The first kappa shape index (κ1) is 8.26. The second-order valence-corrected chi connectivity index (χ2v) is 3.16. The molecule has 1 N–H and O–H groups in total. The van der Waals surface area contributed by atoms with Crippen molar-refractivity contribution in [3.05, 3.63) is 29.2 Å². The van der Waals surface area contributed by atoms with E-state index in [0.29, 0.717) is 15.9 Å². The van der Waals surface area contributed by atoms with Gasteiger partial charge in [0, 0.05) is 5.39 Å². The smallest absolute Gasteiger partial charge is 0.142 e. The van der Waals surface area contributed by atoms with Crippen molar-refractivity contribution in [2.24, 2.45) is 0 Å². The van der Waals surface area contributed by atoms with Crippen LogP contribution in [0.25, 0.3) is 10.9 Å². The van der Waals surface area contributed by atoms with Gasteiger partial charge in [-0.3, -0.25) is 0 Å². The molecule has 2 aromatic rings. The summed E-state index contributed by atoms with van der Waals surface area (Å²) in [6, 6.07) is 3.16. The summed E-state index contributed by atoms with van der Waals surface area (Å²) in [5.41, 5.74) is 1.27. The molecule has 0 aliphatic heterocycles. The number of aromatic nitrogens is 2. The zero-order chi connectivity index (χ0) is 9.42. The zero-order valence-corrected chi connectivity index (χ0v) is 7.71. The summed E-state index contributed by atoms with van der Waals surface area (Å²) in [7, 11) is 0. The van der Waals surface area contributed by atoms with Gasteiger partial charge in [-0.05, 0) is 19.1 Å². The highest BCUT2D eigenvalue weighted by atomic mass is 35.5. The number of aromatic hydroxyl groups is 1. The molecule has 0 spiro atoms. The molecule has 0 unspecified atom stereocenters. The van der Waals surface area contributed by atoms with E-state index >= 15 is 0 Å². The molecule has 0 fully saturated rings. The van der Waals surface area contributed by atoms with Gasteiger partial charge in [-0.1, -0.05) is 11.6 Å². The molecule has 3 nitrogen and oxygen atoms in total. The molecule has 0 saturated carbocycles. The Morgan fingerprint density at radius 1 is 1.31 bits per heavy atom. The molecule has 1 aromatic carbocycles. The number of aryl methyl sites for hydroxylation is 1. The second kappa shape index (κ2) is 2.85. The molecule has 0 atom stereocenters. The summed E-state index contributed by atoms with van der Waals surface area (Å²) < 4.78 is 0. The minimum absolute atomic E-state index is 0.130. The maximum atomic E-state index is 9.47. The fraction of sp³-hybridized carbons (Fsp3) is 0.111. The van der Waals surface area contributed by atoms with Crippen molar-refractivity contribution in [1.82, 2.24) is 9.97 Å². The van der Waals surface area contributed by atoms with Crippen LogP contribution >= 0.6 is 11.6 Å². The quantitative estimate of drug-likeness (QED) is 0.700. The second-order valence-electron chi connectivity index (χ2n) is 2.75. The van der Waals surface area contributed by atoms with Crippen LogP contribution in [0, 0.1) is 6.92 Å². The summed E-state index contributed by atoms with van der Waals surface area (Å²) in [6.45, 7) is 1.83. The predicted molar refractivity (Wildman–Crippen MR) is 50.9 cm³/mol. The van der Waals surface area contributed by atoms with E-state index in [4.69, 9.17) is 11.6 Å². The van der Waals surface area contributed by atoms with Gasteiger partial charge in [0.05, 0.1) is 10.7 Å². The summed E-state index contributed by atoms with van der Waals surface area (Å²) in [6.07, 6.45) is 1.41. The highest BCUT2D eigenvalue weighted by Crippen LogP contribution is 2.29. The molecule has 2 rings (SSSR count). The number of phenolic OH excluding ortho intramolecular Hbond substituents is 1. The Hall–Kier alpha value is -1.35. The molecule has 0 amide bonds. The van der Waals surface area contributed by atoms with Gasteiger partial charge in [-0.2, -0.15) is 0 Å². The van der Waals surface area contributed by atoms with E-state index in [0.717, 1.165) is 5.69 Å². The van der Waals surface area contributed by atoms with Crippen LogP contribution in [0.2, 0.25) is 5.02 Å². The molecule has 0 aliphatic rings. The van der Waals surface area contributed by atoms with E-state index in [1.807, 2.05) is 6.92 Å². The van der Waals surface area contributed by atoms with Crippen LogP contribution in [-0.2, 0) is 0 Å². The van der Waals surface area contributed by atoms with E-state index in [1.54, 1.807) is 6.07 Å². The summed E-state index contributed by atoms with van der Waals surface area (Å²) in [4.78, 5) is 7.96. The van der Waals surface area contributed by atoms with Gasteiger partial charge in [-0.25, -0.2) is 9.97 Å². The Morgan fingerprint density at radius 2 is 2.08 bits per heavy atom. The lowest BCUT2D eigenvalue weighted by Gasteiger charge is -2.03. The molecule has 0 radical (unpaired) electrons. The minimum Gasteiger partial charge on any atom is -0.506 e. The maximum absolute atomic E-state index is 9.47. The van der Waals surface area contributed by atoms with Crippen molar-refractivity contribution in [2.45, 2.75) is 6.92 Å². The van der Waals surface area contributed by atoms with Crippen molar-refractivity contribution >= 4 is 22.5 Å². The lowest BCUT2D eigenvalue weighted by Crippen LogP contribution is -1.88. The molecule has 0 bridgehead atoms. The Kier molecular flexibility index (Phi) is 1.81. The average Bonchev–Trinajstić information content (AvgIpc) is 2.12. The first-order valence-corrected chi connectivity index (χ1v) is 4.16. The third-order valence-electron chi connectivity index (χ3n) is 1.91. The molecular formula is C9H7ClN2O. The SMILES string of the molecule is Cc1ncnc2c(O)ccc(Cl)c12. The fourth-order valence-corrected chi connectivity index (χ4v) is 1.56. The van der Waals surface area contributed by atoms with Gasteiger partial charge in [0.1, 0.15) is 17.6 Å². The van der Waals surface area contributed by atoms with Crippen LogP contribution < -0.4 is 0 Å². The molecule has 0 aliphatic carbocycles. The summed E-state index contributed by atoms with van der Waals surface area (Å²) in [5, 5.41) is 10.7. The van der Waals surface area contributed by atoms with Crippen LogP contribution in [0.3, 0.4) is 0 Å². The van der Waals surface area contributed by atoms with Crippen molar-refractivity contribution in [3.8, 4) is 5.75 Å². The molecule has 1 aromatic heterocycles. The number of halogens is 1. The highest BCUT2D eigenvalue weighted by molar-refractivity contribution is 6.35. The van der Waals surface area contributed by atoms with E-state index in [-0.39, 0.29) is 5.75 Å². The van der Waals surface area contributed by atoms with E-state index < -0.39 is 0 Å². The Bertz CT molecular complexity index is 462. The van der Waals surface area contributed by atoms with Crippen molar-refractivity contribution in [3.63, 3.8) is 0 Å². The Morgan fingerprint density at radius 3 is 2.77 bits per heavy atom. The van der Waals surface area contributed by atoms with Crippen LogP contribution in [0.1, 0.15) is 5.69 Å². The van der Waals surface area contributed by atoms with Gasteiger partial charge >= 0.3 is 0 Å². The van der Waals surface area contributed by atoms with Gasteiger partial charge in [0.25, 0.3) is 0 Å². The molecule has 0 saturated heterocycles. The van der Waals surface area contributed by atoms with E-state index in [2.05, 4.69) is 9.97 Å². The zero-order valence-electron chi connectivity index (χ0n) is 6.95. The number of rotatable bonds is 0. The molecular weight excluding hydrogens is 188 g/mol. The Labute approximate surface area is 80.0 Å². The molecule has 1 heterocycles. The van der Waals surface area contributed by atoms with Gasteiger partial charge in [0.2, 0.25) is 0 Å². The van der Waals surface area contributed by atoms with Gasteiger partial charge < -0.3 is 5.11 Å². The third kappa shape index (κ3) is 1.21. The summed E-state index contributed by atoms with van der Waals surface area (Å²) >= 11 is 5.94. The monoisotopic (exact) mass is 194 g/mol. The first-order valence-electron chi connectivity index (χ1n) is 3.79. The van der Waals surface area contributed by atoms with Crippen LogP contribution in [-0.4, -0.2) is 15.1 Å². The molecule has 4 heteroatoms. The predicted octanol–water partition coefficient (Wildman–Crippen LogP) is 2.30. The minimum atomic E-state index is 0.130. The third-order valence-corrected chi connectivity index (χ3v) is 2.22. The summed E-state index contributed by atoms with van der Waals surface area (Å²) in [5.74, 6) is 0.130. The van der Waals surface area contributed by atoms with Crippen LogP contribution in [0.5, 0.6) is 5.75 Å². The van der Waals surface area contributed by atoms with Crippen molar-refractivity contribution in [2.75, 3.05) is 0 Å². The number of phenols is 1. The number of nitrogens with zero attached hydrogens (tertiary/aromatic N) is 2. The number of fused-ring (bicyclic) bond motifs is 1. The topological polar surface area (TPSA) is 46.0 Å². The normalized spacial score (nSPS) is 10.6. The first-order chi connectivity index (χ1) is 6.20. The van der Waals surface area contributed by atoms with Crippen molar-refractivity contribution < 1.29 is 5.11 Å². The van der Waals surface area contributed by atoms with Gasteiger partial charge in [0.15, 0.2) is 0 Å². The Balaban J connectivity index is 3.00. The van der Waals surface area contributed by atoms with E-state index in [1.165, 1.54) is 12.4 Å². The van der Waals surface area contributed by atoms with Crippen LogP contribution in [0.4, 0.5) is 0 Å². The number of benzene rings is 1. The number of hydrogen-bond donors (Lipinski definition) is 1. The van der Waals surface area contributed by atoms with Crippen LogP contribution in [0.15, 0.2) is 18.5 Å². The fourth-order valence-electron chi connectivity index (χ4n) is 1.27.